The van der Waals surface area contributed by atoms with E-state index in [-0.39, 0.29) is 0 Å². The predicted octanol–water partition coefficient (Wildman–Crippen LogP) is 4.15. The Hall–Kier alpha value is -3.32. The van der Waals surface area contributed by atoms with Gasteiger partial charge in [0.25, 0.3) is 0 Å². The lowest BCUT2D eigenvalue weighted by molar-refractivity contribution is 0.415. The number of ether oxygens (including phenoxy) is 1. The normalized spacial score (nSPS) is 11.0. The van der Waals surface area contributed by atoms with E-state index in [0.717, 1.165) is 28.4 Å². The van der Waals surface area contributed by atoms with Crippen LogP contribution in [0.15, 0.2) is 60.8 Å². The molecule has 4 heteroatoms. The molecule has 0 aliphatic rings. The van der Waals surface area contributed by atoms with Crippen LogP contribution in [0, 0.1) is 11.3 Å². The minimum atomic E-state index is 0.566. The summed E-state index contributed by atoms with van der Waals surface area (Å²) in [4.78, 5) is 7.59. The van der Waals surface area contributed by atoms with Gasteiger partial charge < -0.3 is 9.72 Å². The van der Waals surface area contributed by atoms with Crippen LogP contribution in [0.4, 0.5) is 0 Å². The number of nitrogens with zero attached hydrogens (tertiary/aromatic N) is 2. The third kappa shape index (κ3) is 3.30. The maximum Gasteiger partial charge on any atom is 0.137 e. The van der Waals surface area contributed by atoms with E-state index in [0.29, 0.717) is 5.57 Å². The lowest BCUT2D eigenvalue weighted by atomic mass is 10.1. The summed E-state index contributed by atoms with van der Waals surface area (Å²) in [5, 5.41) is 9.41. The highest BCUT2D eigenvalue weighted by molar-refractivity contribution is 5.89. The fraction of sp³-hybridized carbons (Fsp3) is 0.0526. The third-order valence-electron chi connectivity index (χ3n) is 3.46. The molecule has 1 heterocycles. The van der Waals surface area contributed by atoms with Crippen molar-refractivity contribution in [2.24, 2.45) is 0 Å². The molecule has 0 fully saturated rings. The molecule has 2 aromatic carbocycles. The summed E-state index contributed by atoms with van der Waals surface area (Å²) < 4.78 is 5.13. The van der Waals surface area contributed by atoms with Crippen LogP contribution in [0.2, 0.25) is 0 Å². The SMILES string of the molecule is COc1ccc(C(C#N)=Cc2cnc(-c3ccccc3)[nH]2)cc1. The van der Waals surface area contributed by atoms with Gasteiger partial charge in [-0.3, -0.25) is 0 Å². The number of hydrogen-bond acceptors (Lipinski definition) is 3. The minimum Gasteiger partial charge on any atom is -0.497 e. The van der Waals surface area contributed by atoms with Gasteiger partial charge in [-0.2, -0.15) is 5.26 Å². The maximum absolute atomic E-state index is 9.41. The Morgan fingerprint density at radius 2 is 1.87 bits per heavy atom. The topological polar surface area (TPSA) is 61.7 Å². The first kappa shape index (κ1) is 14.6. The molecule has 1 aromatic heterocycles. The quantitative estimate of drug-likeness (QED) is 0.736. The summed E-state index contributed by atoms with van der Waals surface area (Å²) >= 11 is 0. The number of hydrogen-bond donors (Lipinski definition) is 1. The number of aromatic nitrogens is 2. The van der Waals surface area contributed by atoms with Crippen LogP contribution in [0.25, 0.3) is 23.0 Å². The zero-order chi connectivity index (χ0) is 16.1. The van der Waals surface area contributed by atoms with Crippen molar-refractivity contribution in [3.05, 3.63) is 72.1 Å². The first-order valence-corrected chi connectivity index (χ1v) is 7.17. The number of allylic oxidation sites excluding steroid dienone is 1. The second kappa shape index (κ2) is 6.63. The Bertz CT molecular complexity index is 856. The fourth-order valence-corrected chi connectivity index (χ4v) is 2.26. The van der Waals surface area contributed by atoms with E-state index in [1.54, 1.807) is 19.4 Å². The number of nitrogens with one attached hydrogen (secondary N) is 1. The molecule has 0 aliphatic heterocycles. The zero-order valence-electron chi connectivity index (χ0n) is 12.7. The van der Waals surface area contributed by atoms with Crippen molar-refractivity contribution >= 4 is 11.6 Å². The van der Waals surface area contributed by atoms with Crippen LogP contribution < -0.4 is 4.74 Å². The summed E-state index contributed by atoms with van der Waals surface area (Å²) in [7, 11) is 1.62. The van der Waals surface area contributed by atoms with Gasteiger partial charge in [0.2, 0.25) is 0 Å². The Morgan fingerprint density at radius 3 is 2.52 bits per heavy atom. The molecule has 3 rings (SSSR count). The lowest BCUT2D eigenvalue weighted by Gasteiger charge is -2.02. The molecule has 0 spiro atoms. The van der Waals surface area contributed by atoms with Crippen molar-refractivity contribution in [1.29, 1.82) is 5.26 Å². The van der Waals surface area contributed by atoms with E-state index in [1.165, 1.54) is 0 Å². The molecule has 0 saturated carbocycles. The fourth-order valence-electron chi connectivity index (χ4n) is 2.26. The zero-order valence-corrected chi connectivity index (χ0v) is 12.7. The molecule has 23 heavy (non-hydrogen) atoms. The van der Waals surface area contributed by atoms with Gasteiger partial charge in [0.15, 0.2) is 0 Å². The second-order valence-electron chi connectivity index (χ2n) is 4.95. The molecule has 3 aromatic rings. The number of H-pyrrole nitrogens is 1. The molecule has 0 bridgehead atoms. The number of benzene rings is 2. The summed E-state index contributed by atoms with van der Waals surface area (Å²) in [6, 6.07) is 19.5. The van der Waals surface area contributed by atoms with Crippen LogP contribution in [-0.2, 0) is 0 Å². The largest absolute Gasteiger partial charge is 0.497 e. The molecule has 1 N–H and O–H groups in total. The summed E-state index contributed by atoms with van der Waals surface area (Å²) in [6.45, 7) is 0. The van der Waals surface area contributed by atoms with Crippen molar-refractivity contribution in [3.8, 4) is 23.2 Å². The number of imidazole rings is 1. The van der Waals surface area contributed by atoms with Crippen LogP contribution >= 0.6 is 0 Å². The highest BCUT2D eigenvalue weighted by Crippen LogP contribution is 2.21. The van der Waals surface area contributed by atoms with E-state index < -0.39 is 0 Å². The van der Waals surface area contributed by atoms with Crippen LogP contribution in [-0.4, -0.2) is 17.1 Å². The Balaban J connectivity index is 1.90. The van der Waals surface area contributed by atoms with E-state index in [2.05, 4.69) is 16.0 Å². The van der Waals surface area contributed by atoms with Crippen molar-refractivity contribution in [2.45, 2.75) is 0 Å². The standard InChI is InChI=1S/C19H15N3O/c1-23-18-9-7-14(8-10-18)16(12-20)11-17-13-21-19(22-17)15-5-3-2-4-6-15/h2-11,13H,1H3,(H,21,22). The molecule has 0 amide bonds. The molecular formula is C19H15N3O. The first-order chi connectivity index (χ1) is 11.3. The smallest absolute Gasteiger partial charge is 0.137 e. The molecule has 0 radical (unpaired) electrons. The highest BCUT2D eigenvalue weighted by atomic mass is 16.5. The average Bonchev–Trinajstić information content (AvgIpc) is 3.09. The van der Waals surface area contributed by atoms with E-state index in [4.69, 9.17) is 4.74 Å². The number of nitriles is 1. The van der Waals surface area contributed by atoms with Gasteiger partial charge >= 0.3 is 0 Å². The van der Waals surface area contributed by atoms with Crippen molar-refractivity contribution < 1.29 is 4.74 Å². The van der Waals surface area contributed by atoms with Gasteiger partial charge in [0, 0.05) is 5.56 Å². The van der Waals surface area contributed by atoms with Crippen LogP contribution in [0.3, 0.4) is 0 Å². The second-order valence-corrected chi connectivity index (χ2v) is 4.95. The van der Waals surface area contributed by atoms with Crippen LogP contribution in [0.5, 0.6) is 5.75 Å². The molecular weight excluding hydrogens is 286 g/mol. The van der Waals surface area contributed by atoms with Gasteiger partial charge in [0.05, 0.1) is 30.6 Å². The predicted molar refractivity (Wildman–Crippen MR) is 90.5 cm³/mol. The van der Waals surface area contributed by atoms with Crippen LogP contribution in [0.1, 0.15) is 11.3 Å². The van der Waals surface area contributed by atoms with E-state index >= 15 is 0 Å². The number of rotatable bonds is 4. The monoisotopic (exact) mass is 301 g/mol. The maximum atomic E-state index is 9.41. The minimum absolute atomic E-state index is 0.566. The highest BCUT2D eigenvalue weighted by Gasteiger charge is 2.05. The van der Waals surface area contributed by atoms with E-state index in [9.17, 15) is 5.26 Å². The third-order valence-corrected chi connectivity index (χ3v) is 3.46. The Labute approximate surface area is 134 Å². The Kier molecular flexibility index (Phi) is 4.21. The van der Waals surface area contributed by atoms with Crippen molar-refractivity contribution in [2.75, 3.05) is 7.11 Å². The average molecular weight is 301 g/mol. The van der Waals surface area contributed by atoms with Crippen molar-refractivity contribution in [1.82, 2.24) is 9.97 Å². The summed E-state index contributed by atoms with van der Waals surface area (Å²) in [6.07, 6.45) is 3.52. The molecule has 112 valence electrons. The van der Waals surface area contributed by atoms with Gasteiger partial charge in [-0.1, -0.05) is 30.3 Å². The molecule has 0 aliphatic carbocycles. The summed E-state index contributed by atoms with van der Waals surface area (Å²) in [5.41, 5.74) is 3.20. The molecule has 0 saturated heterocycles. The number of methoxy groups -OCH3 is 1. The molecule has 4 nitrogen and oxygen atoms in total. The van der Waals surface area contributed by atoms with Crippen molar-refractivity contribution in [3.63, 3.8) is 0 Å². The summed E-state index contributed by atoms with van der Waals surface area (Å²) in [5.74, 6) is 1.54. The number of aromatic amines is 1. The van der Waals surface area contributed by atoms with Gasteiger partial charge in [0.1, 0.15) is 11.6 Å². The van der Waals surface area contributed by atoms with Gasteiger partial charge in [-0.05, 0) is 35.9 Å². The Morgan fingerprint density at radius 1 is 1.13 bits per heavy atom. The lowest BCUT2D eigenvalue weighted by Crippen LogP contribution is -1.85. The van der Waals surface area contributed by atoms with E-state index in [1.807, 2.05) is 54.6 Å². The molecule has 0 unspecified atom stereocenters. The first-order valence-electron chi connectivity index (χ1n) is 7.17. The van der Waals surface area contributed by atoms with Gasteiger partial charge in [-0.25, -0.2) is 4.98 Å². The van der Waals surface area contributed by atoms with Gasteiger partial charge in [-0.15, -0.1) is 0 Å². The molecule has 0 atom stereocenters.